The highest BCUT2D eigenvalue weighted by Gasteiger charge is 2.34. The quantitative estimate of drug-likeness (QED) is 0.298. The molecule has 0 saturated heterocycles. The van der Waals surface area contributed by atoms with Gasteiger partial charge >= 0.3 is 12.3 Å². The standard InChI is InChI=1S/C23H18F5N5O5S/c1-2-37-18-8-12(6-7-15(18)23(26,27)28)16-10-17(20(24)25)33-21(32-16)19(11-30-33)38-22(34)31-13-4-3-5-14(9-13)39(29,35)36/h3-11,20H,2H2,1H3,(H,31,34)(H2,29,35,36). The van der Waals surface area contributed by atoms with Crippen molar-refractivity contribution in [3.05, 3.63) is 66.0 Å². The molecule has 0 spiro atoms. The maximum atomic E-state index is 13.9. The van der Waals surface area contributed by atoms with Crippen LogP contribution >= 0.6 is 0 Å². The van der Waals surface area contributed by atoms with Crippen molar-refractivity contribution in [1.29, 1.82) is 0 Å². The van der Waals surface area contributed by atoms with Gasteiger partial charge in [-0.1, -0.05) is 12.1 Å². The molecule has 0 aliphatic heterocycles. The number of primary sulfonamides is 1. The van der Waals surface area contributed by atoms with Gasteiger partial charge in [-0.3, -0.25) is 5.32 Å². The lowest BCUT2D eigenvalue weighted by molar-refractivity contribution is -0.138. The van der Waals surface area contributed by atoms with E-state index in [2.05, 4.69) is 15.4 Å². The van der Waals surface area contributed by atoms with Gasteiger partial charge in [-0.2, -0.15) is 18.3 Å². The van der Waals surface area contributed by atoms with Gasteiger partial charge in [-0.05, 0) is 43.3 Å². The Labute approximate surface area is 217 Å². The minimum atomic E-state index is -4.72. The summed E-state index contributed by atoms with van der Waals surface area (Å²) in [5.41, 5.74) is -2.22. The van der Waals surface area contributed by atoms with Crippen molar-refractivity contribution < 1.29 is 44.6 Å². The van der Waals surface area contributed by atoms with Crippen molar-refractivity contribution in [2.45, 2.75) is 24.4 Å². The number of benzene rings is 2. The zero-order valence-corrected chi connectivity index (χ0v) is 20.6. The second-order valence-corrected chi connectivity index (χ2v) is 9.40. The topological polar surface area (TPSA) is 138 Å². The molecule has 0 atom stereocenters. The summed E-state index contributed by atoms with van der Waals surface area (Å²) in [4.78, 5) is 16.3. The van der Waals surface area contributed by atoms with E-state index in [1.807, 2.05) is 0 Å². The van der Waals surface area contributed by atoms with E-state index in [1.165, 1.54) is 25.1 Å². The van der Waals surface area contributed by atoms with E-state index in [-0.39, 0.29) is 39.8 Å². The van der Waals surface area contributed by atoms with Crippen LogP contribution in [0.5, 0.6) is 11.5 Å². The first-order valence-corrected chi connectivity index (χ1v) is 12.5. The number of halogens is 5. The molecule has 2 aromatic carbocycles. The van der Waals surface area contributed by atoms with Crippen LogP contribution in [0.4, 0.5) is 32.4 Å². The van der Waals surface area contributed by atoms with Crippen molar-refractivity contribution in [1.82, 2.24) is 14.6 Å². The summed E-state index contributed by atoms with van der Waals surface area (Å²) >= 11 is 0. The maximum Gasteiger partial charge on any atom is 0.419 e. The number of amides is 1. The Morgan fingerprint density at radius 2 is 1.87 bits per heavy atom. The Balaban J connectivity index is 1.72. The fraction of sp³-hybridized carbons (Fsp3) is 0.174. The number of carbonyl (C=O) groups excluding carboxylic acids is 1. The third-order valence-corrected chi connectivity index (χ3v) is 6.10. The average molecular weight is 571 g/mol. The Bertz CT molecular complexity index is 1660. The third kappa shape index (κ3) is 6.06. The number of hydrogen-bond donors (Lipinski definition) is 2. The fourth-order valence-corrected chi connectivity index (χ4v) is 4.09. The van der Waals surface area contributed by atoms with E-state index in [1.54, 1.807) is 0 Å². The summed E-state index contributed by atoms with van der Waals surface area (Å²) in [7, 11) is -4.06. The number of aromatic nitrogens is 3. The summed E-state index contributed by atoms with van der Waals surface area (Å²) in [6.07, 6.45) is -8.01. The summed E-state index contributed by atoms with van der Waals surface area (Å²) in [6, 6.07) is 8.66. The molecule has 0 saturated carbocycles. The maximum absolute atomic E-state index is 13.9. The molecule has 206 valence electrons. The predicted octanol–water partition coefficient (Wildman–Crippen LogP) is 5.01. The lowest BCUT2D eigenvalue weighted by atomic mass is 10.1. The first kappa shape index (κ1) is 27.7. The Morgan fingerprint density at radius 3 is 2.51 bits per heavy atom. The normalized spacial score (nSPS) is 12.1. The lowest BCUT2D eigenvalue weighted by Crippen LogP contribution is -2.18. The number of fused-ring (bicyclic) bond motifs is 1. The van der Waals surface area contributed by atoms with Crippen LogP contribution in [0.1, 0.15) is 24.6 Å². The van der Waals surface area contributed by atoms with Gasteiger partial charge in [0.25, 0.3) is 6.43 Å². The molecule has 0 aliphatic rings. The minimum Gasteiger partial charge on any atom is -0.493 e. The molecule has 0 radical (unpaired) electrons. The zero-order valence-electron chi connectivity index (χ0n) is 19.7. The van der Waals surface area contributed by atoms with Gasteiger partial charge < -0.3 is 9.47 Å². The van der Waals surface area contributed by atoms with Gasteiger partial charge in [0.2, 0.25) is 10.0 Å². The van der Waals surface area contributed by atoms with Crippen molar-refractivity contribution in [3.8, 4) is 22.8 Å². The largest absolute Gasteiger partial charge is 0.493 e. The smallest absolute Gasteiger partial charge is 0.419 e. The van der Waals surface area contributed by atoms with Gasteiger partial charge in [-0.15, -0.1) is 0 Å². The first-order chi connectivity index (χ1) is 18.3. The molecule has 16 heteroatoms. The van der Waals surface area contributed by atoms with E-state index >= 15 is 0 Å². The number of nitrogens with one attached hydrogen (secondary N) is 1. The van der Waals surface area contributed by atoms with Gasteiger partial charge in [0.05, 0.1) is 29.0 Å². The highest BCUT2D eigenvalue weighted by Crippen LogP contribution is 2.39. The lowest BCUT2D eigenvalue weighted by Gasteiger charge is -2.15. The molecular formula is C23H18F5N5O5S. The molecule has 0 aliphatic carbocycles. The molecule has 1 amide bonds. The molecule has 0 fully saturated rings. The number of nitrogens with zero attached hydrogens (tertiary/aromatic N) is 3. The van der Waals surface area contributed by atoms with E-state index < -0.39 is 45.7 Å². The van der Waals surface area contributed by atoms with E-state index in [0.29, 0.717) is 4.52 Å². The highest BCUT2D eigenvalue weighted by molar-refractivity contribution is 7.89. The number of sulfonamides is 1. The number of carbonyl (C=O) groups is 1. The van der Waals surface area contributed by atoms with Gasteiger partial charge in [-0.25, -0.2) is 36.6 Å². The molecule has 3 N–H and O–H groups in total. The molecule has 0 unspecified atom stereocenters. The van der Waals surface area contributed by atoms with E-state index in [0.717, 1.165) is 36.5 Å². The monoisotopic (exact) mass is 571 g/mol. The average Bonchev–Trinajstić information content (AvgIpc) is 3.24. The summed E-state index contributed by atoms with van der Waals surface area (Å²) < 4.78 is 102. The van der Waals surface area contributed by atoms with Crippen LogP contribution in [0.15, 0.2) is 59.6 Å². The minimum absolute atomic E-state index is 0.00174. The Kier molecular flexibility index (Phi) is 7.43. The van der Waals surface area contributed by atoms with Crippen molar-refractivity contribution in [3.63, 3.8) is 0 Å². The van der Waals surface area contributed by atoms with Gasteiger partial charge in [0.1, 0.15) is 11.4 Å². The van der Waals surface area contributed by atoms with Crippen LogP contribution < -0.4 is 19.9 Å². The SMILES string of the molecule is CCOc1cc(-c2cc(C(F)F)n3ncc(OC(=O)Nc4cccc(S(N)(=O)=O)c4)c3n2)ccc1C(F)(F)F. The van der Waals surface area contributed by atoms with Gasteiger partial charge in [0, 0.05) is 11.3 Å². The molecule has 10 nitrogen and oxygen atoms in total. The predicted molar refractivity (Wildman–Crippen MR) is 127 cm³/mol. The summed E-state index contributed by atoms with van der Waals surface area (Å²) in [5.74, 6) is -0.885. The highest BCUT2D eigenvalue weighted by atomic mass is 32.2. The molecular weight excluding hydrogens is 553 g/mol. The Morgan fingerprint density at radius 1 is 1.13 bits per heavy atom. The van der Waals surface area contributed by atoms with Crippen molar-refractivity contribution >= 4 is 27.5 Å². The zero-order chi connectivity index (χ0) is 28.5. The molecule has 2 heterocycles. The van der Waals surface area contributed by atoms with Crippen LogP contribution in [0, 0.1) is 0 Å². The van der Waals surface area contributed by atoms with Crippen LogP contribution in [-0.2, 0) is 16.2 Å². The van der Waals surface area contributed by atoms with Crippen LogP contribution in [0.3, 0.4) is 0 Å². The van der Waals surface area contributed by atoms with Crippen molar-refractivity contribution in [2.75, 3.05) is 11.9 Å². The van der Waals surface area contributed by atoms with Crippen LogP contribution in [0.2, 0.25) is 0 Å². The number of ether oxygens (including phenoxy) is 2. The summed E-state index contributed by atoms with van der Waals surface area (Å²) in [6.45, 7) is 1.40. The van der Waals surface area contributed by atoms with Crippen molar-refractivity contribution in [2.24, 2.45) is 5.14 Å². The number of alkyl halides is 5. The molecule has 39 heavy (non-hydrogen) atoms. The molecule has 4 rings (SSSR count). The second kappa shape index (κ2) is 10.5. The number of hydrogen-bond acceptors (Lipinski definition) is 7. The number of anilines is 1. The first-order valence-electron chi connectivity index (χ1n) is 10.9. The van der Waals surface area contributed by atoms with Crippen LogP contribution in [-0.4, -0.2) is 35.7 Å². The third-order valence-electron chi connectivity index (χ3n) is 5.18. The fourth-order valence-electron chi connectivity index (χ4n) is 3.53. The number of rotatable bonds is 7. The summed E-state index contributed by atoms with van der Waals surface area (Å²) in [5, 5.41) is 11.1. The Hall–Kier alpha value is -4.31. The van der Waals surface area contributed by atoms with Crippen LogP contribution in [0.25, 0.3) is 16.9 Å². The molecule has 4 aromatic rings. The van der Waals surface area contributed by atoms with E-state index in [9.17, 15) is 35.2 Å². The molecule has 2 aromatic heterocycles. The van der Waals surface area contributed by atoms with E-state index in [4.69, 9.17) is 14.6 Å². The second-order valence-electron chi connectivity index (χ2n) is 7.84. The molecule has 0 bridgehead atoms. The number of nitrogens with two attached hydrogens (primary N) is 1. The van der Waals surface area contributed by atoms with Gasteiger partial charge in [0.15, 0.2) is 11.4 Å².